The van der Waals surface area contributed by atoms with Gasteiger partial charge in [0.25, 0.3) is 10.1 Å². The lowest BCUT2D eigenvalue weighted by molar-refractivity contribution is -0.127. The summed E-state index contributed by atoms with van der Waals surface area (Å²) in [4.78, 5) is 20.4. The van der Waals surface area contributed by atoms with E-state index in [9.17, 15) is 31.2 Å². The molecule has 0 aromatic heterocycles. The molecule has 0 aromatic carbocycles. The molecule has 0 radical (unpaired) electrons. The average molecular weight is 256 g/mol. The van der Waals surface area contributed by atoms with E-state index in [0.29, 0.717) is 0 Å². The molecule has 0 fully saturated rings. The maximum Gasteiger partial charge on any atom is 0.420 e. The van der Waals surface area contributed by atoms with Gasteiger partial charge in [0.05, 0.1) is 0 Å². The Labute approximate surface area is 87.0 Å². The van der Waals surface area contributed by atoms with Gasteiger partial charge >= 0.3 is 6.18 Å². The first kappa shape index (κ1) is 12.6. The SMILES string of the molecule is O=C1C=C(S(=O)(=O)O)C(=O)C=C1C(F)(F)F. The van der Waals surface area contributed by atoms with Crippen LogP contribution >= 0.6 is 0 Å². The highest BCUT2D eigenvalue weighted by Crippen LogP contribution is 2.30. The number of halogens is 3. The van der Waals surface area contributed by atoms with Crippen molar-refractivity contribution < 1.29 is 35.7 Å². The van der Waals surface area contributed by atoms with Crippen molar-refractivity contribution in [2.24, 2.45) is 0 Å². The number of hydrogen-bond acceptors (Lipinski definition) is 4. The van der Waals surface area contributed by atoms with Gasteiger partial charge in [-0.3, -0.25) is 14.1 Å². The predicted octanol–water partition coefficient (Wildman–Crippen LogP) is 0.399. The quantitative estimate of drug-likeness (QED) is 0.541. The zero-order valence-corrected chi connectivity index (χ0v) is 8.09. The molecule has 0 atom stereocenters. The Bertz CT molecular complexity index is 523. The number of rotatable bonds is 1. The molecule has 5 nitrogen and oxygen atoms in total. The van der Waals surface area contributed by atoms with Crippen LogP contribution in [0, 0.1) is 0 Å². The molecule has 1 rings (SSSR count). The third kappa shape index (κ3) is 2.36. The Morgan fingerprint density at radius 2 is 1.56 bits per heavy atom. The molecule has 1 aliphatic rings. The number of carbonyl (C=O) groups is 2. The predicted molar refractivity (Wildman–Crippen MR) is 43.8 cm³/mol. The van der Waals surface area contributed by atoms with Gasteiger partial charge in [-0.1, -0.05) is 0 Å². The fourth-order valence-electron chi connectivity index (χ4n) is 0.964. The van der Waals surface area contributed by atoms with Gasteiger partial charge in [0, 0.05) is 12.2 Å². The number of ketones is 2. The zero-order chi connectivity index (χ0) is 12.7. The highest BCUT2D eigenvalue weighted by molar-refractivity contribution is 7.91. The Balaban J connectivity index is 3.28. The first-order chi connectivity index (χ1) is 7.03. The summed E-state index contributed by atoms with van der Waals surface area (Å²) in [7, 11) is -5.00. The van der Waals surface area contributed by atoms with Gasteiger partial charge in [0.2, 0.25) is 5.78 Å². The van der Waals surface area contributed by atoms with Gasteiger partial charge in [-0.25, -0.2) is 0 Å². The molecule has 1 N–H and O–H groups in total. The highest BCUT2D eigenvalue weighted by atomic mass is 32.2. The van der Waals surface area contributed by atoms with Crippen molar-refractivity contribution in [2.45, 2.75) is 6.18 Å². The van der Waals surface area contributed by atoms with E-state index >= 15 is 0 Å². The van der Waals surface area contributed by atoms with Crippen LogP contribution in [0.15, 0.2) is 22.6 Å². The van der Waals surface area contributed by atoms with E-state index in [1.54, 1.807) is 0 Å². The van der Waals surface area contributed by atoms with Crippen molar-refractivity contribution in [3.63, 3.8) is 0 Å². The number of hydrogen-bond donors (Lipinski definition) is 1. The fraction of sp³-hybridized carbons (Fsp3) is 0.143. The highest BCUT2D eigenvalue weighted by Gasteiger charge is 2.42. The van der Waals surface area contributed by atoms with Gasteiger partial charge < -0.3 is 0 Å². The summed E-state index contributed by atoms with van der Waals surface area (Å²) in [5.41, 5.74) is -1.77. The normalized spacial score (nSPS) is 18.2. The summed E-state index contributed by atoms with van der Waals surface area (Å²) in [6, 6.07) is 0. The average Bonchev–Trinajstić information content (AvgIpc) is 2.04. The van der Waals surface area contributed by atoms with Crippen LogP contribution in [0.3, 0.4) is 0 Å². The topological polar surface area (TPSA) is 88.5 Å². The second-order valence-electron chi connectivity index (χ2n) is 2.77. The summed E-state index contributed by atoms with van der Waals surface area (Å²) < 4.78 is 65.8. The zero-order valence-electron chi connectivity index (χ0n) is 7.28. The van der Waals surface area contributed by atoms with E-state index in [4.69, 9.17) is 4.55 Å². The van der Waals surface area contributed by atoms with Gasteiger partial charge in [0.15, 0.2) is 5.78 Å². The molecule has 0 heterocycles. The Morgan fingerprint density at radius 3 is 1.94 bits per heavy atom. The molecule has 1 aliphatic carbocycles. The largest absolute Gasteiger partial charge is 0.420 e. The fourth-order valence-corrected chi connectivity index (χ4v) is 1.53. The first-order valence-corrected chi connectivity index (χ1v) is 5.04. The molecular formula is C7H3F3O5S. The molecular weight excluding hydrogens is 253 g/mol. The smallest absolute Gasteiger partial charge is 0.289 e. The van der Waals surface area contributed by atoms with E-state index in [2.05, 4.69) is 0 Å². The number of carbonyl (C=O) groups excluding carboxylic acids is 2. The molecule has 0 amide bonds. The minimum Gasteiger partial charge on any atom is -0.289 e. The van der Waals surface area contributed by atoms with E-state index < -0.39 is 38.3 Å². The molecule has 0 spiro atoms. The minimum absolute atomic E-state index is 0.0551. The van der Waals surface area contributed by atoms with E-state index in [-0.39, 0.29) is 12.2 Å². The molecule has 9 heteroatoms. The van der Waals surface area contributed by atoms with Crippen molar-refractivity contribution in [1.29, 1.82) is 0 Å². The lowest BCUT2D eigenvalue weighted by atomic mass is 10.0. The lowest BCUT2D eigenvalue weighted by Crippen LogP contribution is -2.26. The van der Waals surface area contributed by atoms with Crippen LogP contribution in [0.1, 0.15) is 0 Å². The summed E-state index contributed by atoms with van der Waals surface area (Å²) in [6.07, 6.45) is -5.26. The van der Waals surface area contributed by atoms with Crippen molar-refractivity contribution in [3.8, 4) is 0 Å². The number of alkyl halides is 3. The second-order valence-corrected chi connectivity index (χ2v) is 4.16. The van der Waals surface area contributed by atoms with Gasteiger partial charge in [-0.2, -0.15) is 21.6 Å². The molecule has 0 saturated carbocycles. The van der Waals surface area contributed by atoms with Gasteiger partial charge in [0.1, 0.15) is 10.5 Å². The molecule has 0 bridgehead atoms. The maximum absolute atomic E-state index is 12.1. The van der Waals surface area contributed by atoms with E-state index in [1.807, 2.05) is 0 Å². The van der Waals surface area contributed by atoms with Crippen LogP contribution in [-0.2, 0) is 19.7 Å². The van der Waals surface area contributed by atoms with Gasteiger partial charge in [-0.15, -0.1) is 0 Å². The number of allylic oxidation sites excluding steroid dienone is 4. The van der Waals surface area contributed by atoms with Gasteiger partial charge in [-0.05, 0) is 0 Å². The van der Waals surface area contributed by atoms with Crippen molar-refractivity contribution in [1.82, 2.24) is 0 Å². The molecule has 0 aliphatic heterocycles. The molecule has 88 valence electrons. The monoisotopic (exact) mass is 256 g/mol. The molecule has 0 aromatic rings. The van der Waals surface area contributed by atoms with Crippen LogP contribution in [-0.4, -0.2) is 30.7 Å². The Morgan fingerprint density at radius 1 is 1.06 bits per heavy atom. The van der Waals surface area contributed by atoms with Crippen LogP contribution in [0.25, 0.3) is 0 Å². The van der Waals surface area contributed by atoms with E-state index in [0.717, 1.165) is 0 Å². The third-order valence-corrected chi connectivity index (χ3v) is 2.50. The summed E-state index contributed by atoms with van der Waals surface area (Å²) in [5.74, 6) is -3.28. The maximum atomic E-state index is 12.1. The van der Waals surface area contributed by atoms with Crippen LogP contribution in [0.4, 0.5) is 13.2 Å². The van der Waals surface area contributed by atoms with Crippen molar-refractivity contribution in [2.75, 3.05) is 0 Å². The Kier molecular flexibility index (Phi) is 2.77. The summed E-state index contributed by atoms with van der Waals surface area (Å²) in [6.45, 7) is 0. The molecule has 0 unspecified atom stereocenters. The summed E-state index contributed by atoms with van der Waals surface area (Å²) >= 11 is 0. The van der Waals surface area contributed by atoms with Crippen LogP contribution < -0.4 is 0 Å². The minimum atomic E-state index is -5.05. The molecule has 16 heavy (non-hydrogen) atoms. The molecule has 0 saturated heterocycles. The summed E-state index contributed by atoms with van der Waals surface area (Å²) in [5, 5.41) is 0. The lowest BCUT2D eigenvalue weighted by Gasteiger charge is -2.12. The van der Waals surface area contributed by atoms with E-state index in [1.165, 1.54) is 0 Å². The first-order valence-electron chi connectivity index (χ1n) is 3.60. The van der Waals surface area contributed by atoms with Crippen LogP contribution in [0.2, 0.25) is 0 Å². The Hall–Kier alpha value is -1.48. The third-order valence-electron chi connectivity index (χ3n) is 1.63. The second kappa shape index (κ2) is 3.52. The van der Waals surface area contributed by atoms with Crippen molar-refractivity contribution >= 4 is 21.7 Å². The van der Waals surface area contributed by atoms with Crippen molar-refractivity contribution in [3.05, 3.63) is 22.6 Å². The standard InChI is InChI=1S/C7H3F3O5S/c8-7(9,10)3-1-5(12)6(2-4(3)11)16(13,14)15/h1-2H,(H,13,14,15). The van der Waals surface area contributed by atoms with Crippen LogP contribution in [0.5, 0.6) is 0 Å².